The number of aryl methyl sites for hydroxylation is 1. The molecule has 0 radical (unpaired) electrons. The summed E-state index contributed by atoms with van der Waals surface area (Å²) in [6.45, 7) is 2.15. The van der Waals surface area contributed by atoms with Crippen molar-refractivity contribution < 1.29 is 0 Å². The molecular formula is C8H8N2S3. The lowest BCUT2D eigenvalue weighted by Crippen LogP contribution is -1.69. The van der Waals surface area contributed by atoms with Crippen LogP contribution in [0.4, 0.5) is 0 Å². The van der Waals surface area contributed by atoms with Gasteiger partial charge in [0.05, 0.1) is 4.88 Å². The molecule has 0 atom stereocenters. The standard InChI is InChI=1S/C8H8N2S3/c1-2-5-3-4-6(12-5)7-9-10-8(11)13-7/h3-4H,2H2,1H3,(H,10,11). The smallest absolute Gasteiger partial charge is 0.176 e. The Hall–Kier alpha value is -0.520. The molecule has 0 saturated carbocycles. The van der Waals surface area contributed by atoms with Crippen LogP contribution in [-0.4, -0.2) is 10.2 Å². The predicted molar refractivity (Wildman–Crippen MR) is 60.0 cm³/mol. The van der Waals surface area contributed by atoms with Crippen LogP contribution >= 0.6 is 34.9 Å². The molecule has 0 bridgehead atoms. The SMILES string of the molecule is CCc1ccc(-c2n[nH]c(=S)s2)s1. The van der Waals surface area contributed by atoms with Gasteiger partial charge in [0.15, 0.2) is 8.96 Å². The lowest BCUT2D eigenvalue weighted by atomic mass is 10.4. The maximum atomic E-state index is 4.97. The fourth-order valence-electron chi connectivity index (χ4n) is 1.02. The third-order valence-corrected chi connectivity index (χ3v) is 4.15. The minimum atomic E-state index is 0.737. The van der Waals surface area contributed by atoms with Crippen LogP contribution in [0.15, 0.2) is 12.1 Å². The summed E-state index contributed by atoms with van der Waals surface area (Å²) in [5.74, 6) is 0. The van der Waals surface area contributed by atoms with E-state index in [4.69, 9.17) is 12.2 Å². The highest BCUT2D eigenvalue weighted by molar-refractivity contribution is 7.73. The van der Waals surface area contributed by atoms with Gasteiger partial charge in [-0.1, -0.05) is 18.3 Å². The molecule has 0 aliphatic carbocycles. The summed E-state index contributed by atoms with van der Waals surface area (Å²) in [5.41, 5.74) is 0. The zero-order chi connectivity index (χ0) is 9.26. The molecule has 0 aromatic carbocycles. The molecule has 5 heteroatoms. The van der Waals surface area contributed by atoms with Crippen molar-refractivity contribution in [1.82, 2.24) is 10.2 Å². The van der Waals surface area contributed by atoms with Gasteiger partial charge in [-0.25, -0.2) is 0 Å². The first-order valence-electron chi connectivity index (χ1n) is 3.94. The van der Waals surface area contributed by atoms with Crippen molar-refractivity contribution in [2.45, 2.75) is 13.3 Å². The molecule has 0 saturated heterocycles. The number of nitrogens with one attached hydrogen (secondary N) is 1. The first kappa shape index (κ1) is 9.05. The average molecular weight is 228 g/mol. The van der Waals surface area contributed by atoms with Gasteiger partial charge in [-0.05, 0) is 30.8 Å². The topological polar surface area (TPSA) is 28.7 Å². The summed E-state index contributed by atoms with van der Waals surface area (Å²) in [6, 6.07) is 4.25. The van der Waals surface area contributed by atoms with Gasteiger partial charge in [-0.2, -0.15) is 5.10 Å². The monoisotopic (exact) mass is 228 g/mol. The molecule has 68 valence electrons. The summed E-state index contributed by atoms with van der Waals surface area (Å²) in [6.07, 6.45) is 1.08. The molecule has 1 N–H and O–H groups in total. The summed E-state index contributed by atoms with van der Waals surface area (Å²) in [7, 11) is 0. The second-order valence-electron chi connectivity index (χ2n) is 2.54. The van der Waals surface area contributed by atoms with Gasteiger partial charge in [0, 0.05) is 4.88 Å². The predicted octanol–water partition coefficient (Wildman–Crippen LogP) is 3.49. The van der Waals surface area contributed by atoms with Gasteiger partial charge in [0.1, 0.15) is 0 Å². The van der Waals surface area contributed by atoms with Crippen LogP contribution in [-0.2, 0) is 6.42 Å². The molecule has 13 heavy (non-hydrogen) atoms. The van der Waals surface area contributed by atoms with Gasteiger partial charge in [-0.3, -0.25) is 5.10 Å². The highest BCUT2D eigenvalue weighted by Gasteiger charge is 2.04. The highest BCUT2D eigenvalue weighted by Crippen LogP contribution is 2.29. The molecular weight excluding hydrogens is 220 g/mol. The van der Waals surface area contributed by atoms with Crippen LogP contribution in [0, 0.1) is 3.95 Å². The van der Waals surface area contributed by atoms with Crippen LogP contribution < -0.4 is 0 Å². The molecule has 0 unspecified atom stereocenters. The molecule has 0 spiro atoms. The number of hydrogen-bond donors (Lipinski definition) is 1. The summed E-state index contributed by atoms with van der Waals surface area (Å²) in [5, 5.41) is 7.91. The third-order valence-electron chi connectivity index (χ3n) is 1.66. The van der Waals surface area contributed by atoms with Crippen LogP contribution in [0.3, 0.4) is 0 Å². The van der Waals surface area contributed by atoms with E-state index in [1.165, 1.54) is 21.1 Å². The third kappa shape index (κ3) is 1.87. The Labute approximate surface area is 89.3 Å². The van der Waals surface area contributed by atoms with Crippen molar-refractivity contribution in [2.24, 2.45) is 0 Å². The van der Waals surface area contributed by atoms with Crippen molar-refractivity contribution in [1.29, 1.82) is 0 Å². The van der Waals surface area contributed by atoms with E-state index in [1.54, 1.807) is 11.3 Å². The van der Waals surface area contributed by atoms with E-state index in [2.05, 4.69) is 29.3 Å². The summed E-state index contributed by atoms with van der Waals surface area (Å²) >= 11 is 8.28. The molecule has 2 aromatic heterocycles. The van der Waals surface area contributed by atoms with E-state index in [-0.39, 0.29) is 0 Å². The zero-order valence-corrected chi connectivity index (χ0v) is 9.48. The van der Waals surface area contributed by atoms with E-state index in [9.17, 15) is 0 Å². The molecule has 2 aromatic rings. The fourth-order valence-corrected chi connectivity index (χ4v) is 2.91. The number of nitrogens with zero attached hydrogens (tertiary/aromatic N) is 1. The second-order valence-corrected chi connectivity index (χ2v) is 5.37. The Balaban J connectivity index is 2.40. The Bertz CT molecular complexity index is 452. The van der Waals surface area contributed by atoms with Crippen molar-refractivity contribution in [3.05, 3.63) is 21.0 Å². The molecule has 0 amide bonds. The maximum absolute atomic E-state index is 4.97. The van der Waals surface area contributed by atoms with Crippen LogP contribution in [0.5, 0.6) is 0 Å². The number of aromatic nitrogens is 2. The Kier molecular flexibility index (Phi) is 2.57. The van der Waals surface area contributed by atoms with Crippen molar-refractivity contribution >= 4 is 34.9 Å². The number of hydrogen-bond acceptors (Lipinski definition) is 4. The van der Waals surface area contributed by atoms with Gasteiger partial charge < -0.3 is 0 Å². The van der Waals surface area contributed by atoms with E-state index >= 15 is 0 Å². The molecule has 2 nitrogen and oxygen atoms in total. The van der Waals surface area contributed by atoms with Crippen LogP contribution in [0.1, 0.15) is 11.8 Å². The minimum absolute atomic E-state index is 0.737. The number of rotatable bonds is 2. The quantitative estimate of drug-likeness (QED) is 0.797. The number of H-pyrrole nitrogens is 1. The Morgan fingerprint density at radius 1 is 1.46 bits per heavy atom. The summed E-state index contributed by atoms with van der Waals surface area (Å²) < 4.78 is 0.737. The van der Waals surface area contributed by atoms with Crippen LogP contribution in [0.2, 0.25) is 0 Å². The van der Waals surface area contributed by atoms with Gasteiger partial charge in [0.2, 0.25) is 0 Å². The second kappa shape index (κ2) is 3.69. The lowest BCUT2D eigenvalue weighted by Gasteiger charge is -1.85. The Morgan fingerprint density at radius 3 is 2.85 bits per heavy atom. The Morgan fingerprint density at radius 2 is 2.31 bits per heavy atom. The van der Waals surface area contributed by atoms with E-state index in [0.717, 1.165) is 15.4 Å². The molecule has 0 aliphatic rings. The van der Waals surface area contributed by atoms with Gasteiger partial charge >= 0.3 is 0 Å². The van der Waals surface area contributed by atoms with Gasteiger partial charge in [0.25, 0.3) is 0 Å². The summed E-state index contributed by atoms with van der Waals surface area (Å²) in [4.78, 5) is 2.59. The van der Waals surface area contributed by atoms with E-state index in [0.29, 0.717) is 0 Å². The number of thiophene rings is 1. The van der Waals surface area contributed by atoms with E-state index < -0.39 is 0 Å². The molecule has 0 aliphatic heterocycles. The van der Waals surface area contributed by atoms with Crippen LogP contribution in [0.25, 0.3) is 9.88 Å². The largest absolute Gasteiger partial charge is 0.258 e. The lowest BCUT2D eigenvalue weighted by molar-refractivity contribution is 1.09. The van der Waals surface area contributed by atoms with Crippen molar-refractivity contribution in [3.8, 4) is 9.88 Å². The first-order valence-corrected chi connectivity index (χ1v) is 5.98. The van der Waals surface area contributed by atoms with Crippen molar-refractivity contribution in [2.75, 3.05) is 0 Å². The zero-order valence-electron chi connectivity index (χ0n) is 7.03. The minimum Gasteiger partial charge on any atom is -0.258 e. The number of aromatic amines is 1. The molecule has 2 rings (SSSR count). The average Bonchev–Trinajstić information content (AvgIpc) is 2.71. The van der Waals surface area contributed by atoms with Gasteiger partial charge in [-0.15, -0.1) is 11.3 Å². The van der Waals surface area contributed by atoms with E-state index in [1.807, 2.05) is 0 Å². The normalized spacial score (nSPS) is 10.5. The first-order chi connectivity index (χ1) is 6.29. The highest BCUT2D eigenvalue weighted by atomic mass is 32.1. The molecule has 2 heterocycles. The van der Waals surface area contributed by atoms with Crippen molar-refractivity contribution in [3.63, 3.8) is 0 Å². The molecule has 0 fully saturated rings. The fraction of sp³-hybridized carbons (Fsp3) is 0.250. The maximum Gasteiger partial charge on any atom is 0.176 e.